The van der Waals surface area contributed by atoms with Crippen molar-refractivity contribution in [1.29, 1.82) is 5.26 Å². The van der Waals surface area contributed by atoms with Crippen LogP contribution >= 0.6 is 0 Å². The Kier molecular flexibility index (Phi) is 5.89. The maximum Gasteiger partial charge on any atom is 0.319 e. The quantitative estimate of drug-likeness (QED) is 0.773. The molecule has 0 unspecified atom stereocenters. The number of urea groups is 1. The summed E-state index contributed by atoms with van der Waals surface area (Å²) < 4.78 is 13.9. The summed E-state index contributed by atoms with van der Waals surface area (Å²) in [5.74, 6) is -0.402. The van der Waals surface area contributed by atoms with Crippen LogP contribution in [0.3, 0.4) is 0 Å². The van der Waals surface area contributed by atoms with Crippen molar-refractivity contribution in [3.8, 4) is 11.8 Å². The van der Waals surface area contributed by atoms with E-state index in [9.17, 15) is 14.3 Å². The molecule has 0 aromatic heterocycles. The molecule has 3 N–H and O–H groups in total. The summed E-state index contributed by atoms with van der Waals surface area (Å²) in [6, 6.07) is 12.4. The van der Waals surface area contributed by atoms with Crippen molar-refractivity contribution in [3.63, 3.8) is 0 Å². The number of piperidine rings is 1. The second kappa shape index (κ2) is 8.52. The number of hydrogen-bond donors (Lipinski definition) is 3. The first-order chi connectivity index (χ1) is 13.0. The number of aromatic hydroxyl groups is 1. The molecule has 0 spiro atoms. The van der Waals surface area contributed by atoms with Crippen LogP contribution in [0.2, 0.25) is 0 Å². The van der Waals surface area contributed by atoms with Gasteiger partial charge in [0.1, 0.15) is 11.6 Å². The van der Waals surface area contributed by atoms with Gasteiger partial charge in [0.05, 0.1) is 17.3 Å². The summed E-state index contributed by atoms with van der Waals surface area (Å²) in [7, 11) is 0. The monoisotopic (exact) mass is 368 g/mol. The smallest absolute Gasteiger partial charge is 0.319 e. The molecule has 0 saturated carbocycles. The summed E-state index contributed by atoms with van der Waals surface area (Å²) in [6.07, 6.45) is 1.79. The SMILES string of the molecule is N#Cc1ccc(NC(=O)N[C@@H]2CCCN(Cc3cccc(O)c3)C2)c(F)c1. The van der Waals surface area contributed by atoms with E-state index in [1.165, 1.54) is 12.1 Å². The number of carbonyl (C=O) groups excluding carboxylic acids is 1. The zero-order chi connectivity index (χ0) is 19.2. The molecule has 2 aromatic carbocycles. The zero-order valence-corrected chi connectivity index (χ0v) is 14.8. The minimum atomic E-state index is -0.640. The Hall–Kier alpha value is -3.11. The van der Waals surface area contributed by atoms with Gasteiger partial charge in [-0.3, -0.25) is 4.90 Å². The van der Waals surface area contributed by atoms with Crippen LogP contribution in [-0.2, 0) is 6.54 Å². The number of nitrogens with zero attached hydrogens (tertiary/aromatic N) is 2. The molecule has 1 saturated heterocycles. The highest BCUT2D eigenvalue weighted by Gasteiger charge is 2.22. The third-order valence-electron chi connectivity index (χ3n) is 4.50. The van der Waals surface area contributed by atoms with Crippen molar-refractivity contribution in [2.75, 3.05) is 18.4 Å². The fourth-order valence-electron chi connectivity index (χ4n) is 3.26. The molecular formula is C20H21FN4O2. The molecule has 2 aromatic rings. The molecule has 27 heavy (non-hydrogen) atoms. The van der Waals surface area contributed by atoms with Crippen LogP contribution < -0.4 is 10.6 Å². The lowest BCUT2D eigenvalue weighted by molar-refractivity contribution is 0.183. The Morgan fingerprint density at radius 1 is 1.33 bits per heavy atom. The highest BCUT2D eigenvalue weighted by molar-refractivity contribution is 5.89. The predicted octanol–water partition coefficient (Wildman–Crippen LogP) is 3.19. The van der Waals surface area contributed by atoms with Crippen LogP contribution in [0.25, 0.3) is 0 Å². The van der Waals surface area contributed by atoms with Gasteiger partial charge in [-0.05, 0) is 55.3 Å². The number of anilines is 1. The molecule has 0 bridgehead atoms. The van der Waals surface area contributed by atoms with E-state index in [1.54, 1.807) is 12.1 Å². The first-order valence-electron chi connectivity index (χ1n) is 8.81. The Labute approximate surface area is 157 Å². The van der Waals surface area contributed by atoms with Crippen molar-refractivity contribution < 1.29 is 14.3 Å². The first-order valence-corrected chi connectivity index (χ1v) is 8.81. The van der Waals surface area contributed by atoms with Crippen LogP contribution in [0.15, 0.2) is 42.5 Å². The van der Waals surface area contributed by atoms with E-state index in [0.717, 1.165) is 31.0 Å². The molecule has 1 aliphatic rings. The van der Waals surface area contributed by atoms with E-state index in [0.29, 0.717) is 13.1 Å². The molecule has 1 atom stereocenters. The number of nitriles is 1. The van der Waals surface area contributed by atoms with Crippen molar-refractivity contribution in [1.82, 2.24) is 10.2 Å². The van der Waals surface area contributed by atoms with E-state index in [1.807, 2.05) is 18.2 Å². The Balaban J connectivity index is 1.54. The normalized spacial score (nSPS) is 17.1. The summed E-state index contributed by atoms with van der Waals surface area (Å²) in [4.78, 5) is 14.4. The highest BCUT2D eigenvalue weighted by atomic mass is 19.1. The van der Waals surface area contributed by atoms with Crippen molar-refractivity contribution in [2.24, 2.45) is 0 Å². The Bertz CT molecular complexity index is 865. The molecule has 1 aliphatic heterocycles. The minimum Gasteiger partial charge on any atom is -0.508 e. The lowest BCUT2D eigenvalue weighted by atomic mass is 10.0. The number of nitrogens with one attached hydrogen (secondary N) is 2. The van der Waals surface area contributed by atoms with E-state index in [4.69, 9.17) is 5.26 Å². The second-order valence-electron chi connectivity index (χ2n) is 6.65. The number of amides is 2. The van der Waals surface area contributed by atoms with Gasteiger partial charge < -0.3 is 15.7 Å². The van der Waals surface area contributed by atoms with E-state index < -0.39 is 11.8 Å². The van der Waals surface area contributed by atoms with Crippen LogP contribution in [-0.4, -0.2) is 35.2 Å². The average Bonchev–Trinajstić information content (AvgIpc) is 2.63. The minimum absolute atomic E-state index is 0.0407. The lowest BCUT2D eigenvalue weighted by Crippen LogP contribution is -2.48. The second-order valence-corrected chi connectivity index (χ2v) is 6.65. The molecule has 7 heteroatoms. The molecule has 0 aliphatic carbocycles. The third-order valence-corrected chi connectivity index (χ3v) is 4.50. The van der Waals surface area contributed by atoms with E-state index in [2.05, 4.69) is 15.5 Å². The predicted molar refractivity (Wildman–Crippen MR) is 99.7 cm³/mol. The highest BCUT2D eigenvalue weighted by Crippen LogP contribution is 2.18. The Morgan fingerprint density at radius 3 is 2.93 bits per heavy atom. The van der Waals surface area contributed by atoms with Crippen molar-refractivity contribution >= 4 is 11.7 Å². The fraction of sp³-hybridized carbons (Fsp3) is 0.300. The van der Waals surface area contributed by atoms with Crippen molar-refractivity contribution in [3.05, 3.63) is 59.4 Å². The van der Waals surface area contributed by atoms with Crippen molar-refractivity contribution in [2.45, 2.75) is 25.4 Å². The molecule has 0 radical (unpaired) electrons. The summed E-state index contributed by atoms with van der Waals surface area (Å²) in [6.45, 7) is 2.29. The molecule has 2 amide bonds. The molecule has 3 rings (SSSR count). The zero-order valence-electron chi connectivity index (χ0n) is 14.8. The lowest BCUT2D eigenvalue weighted by Gasteiger charge is -2.33. The summed E-state index contributed by atoms with van der Waals surface area (Å²) in [5.41, 5.74) is 1.26. The van der Waals surface area contributed by atoms with Gasteiger partial charge in [-0.15, -0.1) is 0 Å². The molecule has 1 fully saturated rings. The van der Waals surface area contributed by atoms with Gasteiger partial charge in [-0.1, -0.05) is 12.1 Å². The van der Waals surface area contributed by atoms with Gasteiger partial charge in [0.15, 0.2) is 0 Å². The number of phenolic OH excluding ortho intramolecular Hbond substituents is 1. The number of carbonyl (C=O) groups is 1. The molecular weight excluding hydrogens is 347 g/mol. The standard InChI is InChI=1S/C20H21FN4O2/c21-18-10-14(11-22)6-7-19(18)24-20(27)23-16-4-2-8-25(13-16)12-15-3-1-5-17(26)9-15/h1,3,5-7,9-10,16,26H,2,4,8,12-13H2,(H2,23,24,27)/t16-/m1/s1. The first kappa shape index (κ1) is 18.7. The fourth-order valence-corrected chi connectivity index (χ4v) is 3.26. The van der Waals surface area contributed by atoms with Crippen LogP contribution in [0.1, 0.15) is 24.0 Å². The van der Waals surface area contributed by atoms with Gasteiger partial charge in [0, 0.05) is 19.1 Å². The third kappa shape index (κ3) is 5.19. The largest absolute Gasteiger partial charge is 0.508 e. The van der Waals surface area contributed by atoms with Gasteiger partial charge in [0.25, 0.3) is 0 Å². The van der Waals surface area contributed by atoms with Gasteiger partial charge in [-0.2, -0.15) is 5.26 Å². The van der Waals surface area contributed by atoms with Crippen LogP contribution in [0, 0.1) is 17.1 Å². The number of hydrogen-bond acceptors (Lipinski definition) is 4. The molecule has 6 nitrogen and oxygen atoms in total. The van der Waals surface area contributed by atoms with Crippen LogP contribution in [0.5, 0.6) is 5.75 Å². The van der Waals surface area contributed by atoms with Crippen LogP contribution in [0.4, 0.5) is 14.9 Å². The number of likely N-dealkylation sites (tertiary alicyclic amines) is 1. The Morgan fingerprint density at radius 2 is 2.19 bits per heavy atom. The van der Waals surface area contributed by atoms with Gasteiger partial charge in [-0.25, -0.2) is 9.18 Å². The number of benzene rings is 2. The maximum atomic E-state index is 13.9. The van der Waals surface area contributed by atoms with E-state index in [-0.39, 0.29) is 23.0 Å². The topological polar surface area (TPSA) is 88.4 Å². The number of halogens is 1. The number of rotatable bonds is 4. The maximum absolute atomic E-state index is 13.9. The van der Waals surface area contributed by atoms with E-state index >= 15 is 0 Å². The van der Waals surface area contributed by atoms with Gasteiger partial charge in [0.2, 0.25) is 0 Å². The summed E-state index contributed by atoms with van der Waals surface area (Å²) in [5, 5.41) is 23.7. The molecule has 1 heterocycles. The molecule has 140 valence electrons. The number of phenols is 1. The summed E-state index contributed by atoms with van der Waals surface area (Å²) >= 11 is 0. The average molecular weight is 368 g/mol. The van der Waals surface area contributed by atoms with Gasteiger partial charge >= 0.3 is 6.03 Å².